The quantitative estimate of drug-likeness (QED) is 0.325. The van der Waals surface area contributed by atoms with Crippen molar-refractivity contribution in [3.63, 3.8) is 0 Å². The number of fused-ring (bicyclic) bond motifs is 1. The molecule has 9 nitrogen and oxygen atoms in total. The summed E-state index contributed by atoms with van der Waals surface area (Å²) in [6.45, 7) is 3.35. The van der Waals surface area contributed by atoms with E-state index >= 15 is 0 Å². The van der Waals surface area contributed by atoms with E-state index in [2.05, 4.69) is 20.6 Å². The summed E-state index contributed by atoms with van der Waals surface area (Å²) < 4.78 is 3.00. The Bertz CT molecular complexity index is 1380. The maximum absolute atomic E-state index is 13.8. The van der Waals surface area contributed by atoms with E-state index in [-0.39, 0.29) is 5.56 Å². The highest BCUT2D eigenvalue weighted by Crippen LogP contribution is 2.35. The predicted octanol–water partition coefficient (Wildman–Crippen LogP) is 3.94. The summed E-state index contributed by atoms with van der Waals surface area (Å²) in [6.07, 6.45) is 0.543. The fourth-order valence-corrected chi connectivity index (χ4v) is 4.77. The van der Waals surface area contributed by atoms with E-state index in [1.165, 1.54) is 20.8 Å². The molecule has 1 amide bonds. The third-order valence-electron chi connectivity index (χ3n) is 5.40. The van der Waals surface area contributed by atoms with Gasteiger partial charge in [-0.05, 0) is 51.4 Å². The number of hydrogen-bond donors (Lipinski definition) is 3. The summed E-state index contributed by atoms with van der Waals surface area (Å²) in [6, 6.07) is 18.3. The first-order valence-electron chi connectivity index (χ1n) is 11.2. The Morgan fingerprint density at radius 1 is 1.09 bits per heavy atom. The lowest BCUT2D eigenvalue weighted by atomic mass is 10.2. The van der Waals surface area contributed by atoms with Crippen LogP contribution in [0.2, 0.25) is 0 Å². The summed E-state index contributed by atoms with van der Waals surface area (Å²) in [5, 5.41) is 19.7. The van der Waals surface area contributed by atoms with Crippen LogP contribution < -0.4 is 16.2 Å². The number of carboxylic acid groups (broad SMARTS) is 1. The van der Waals surface area contributed by atoms with Crippen molar-refractivity contribution in [2.75, 3.05) is 32.5 Å². The molecule has 0 radical (unpaired) electrons. The molecule has 0 fully saturated rings. The molecule has 2 aromatic heterocycles. The van der Waals surface area contributed by atoms with Crippen molar-refractivity contribution in [3.8, 4) is 5.69 Å². The molecule has 10 heteroatoms. The number of amides is 1. The summed E-state index contributed by atoms with van der Waals surface area (Å²) in [5.41, 5.74) is 1.76. The van der Waals surface area contributed by atoms with Crippen molar-refractivity contribution in [1.29, 1.82) is 0 Å². The molecule has 0 spiro atoms. The number of anilines is 1. The fourth-order valence-electron chi connectivity index (χ4n) is 3.73. The van der Waals surface area contributed by atoms with Crippen molar-refractivity contribution in [1.82, 2.24) is 24.4 Å². The molecule has 0 saturated heterocycles. The Balaban J connectivity index is 1.79. The third-order valence-corrected chi connectivity index (χ3v) is 6.52. The second-order valence-electron chi connectivity index (χ2n) is 8.31. The molecule has 4 aromatic rings. The standard InChI is InChI=1S/C25H28N6O3S/c1-17(27-25(33)34)23-28-30-15-13-21(22(30)24(32)31(23)18-9-5-4-6-10-18)35-20-12-8-7-11-19(20)26-14-16-29(2)3/h4-13,15,17,26-27H,14,16H2,1-3H3,(H,33,34). The molecular formula is C25H28N6O3S. The molecule has 3 N–H and O–H groups in total. The Morgan fingerprint density at radius 2 is 1.80 bits per heavy atom. The first-order valence-corrected chi connectivity index (χ1v) is 12.0. The normalized spacial score (nSPS) is 12.1. The summed E-state index contributed by atoms with van der Waals surface area (Å²) in [4.78, 5) is 29.0. The van der Waals surface area contributed by atoms with Crippen molar-refractivity contribution in [3.05, 3.63) is 83.0 Å². The van der Waals surface area contributed by atoms with Crippen LogP contribution in [0.5, 0.6) is 0 Å². The number of benzene rings is 2. The molecule has 35 heavy (non-hydrogen) atoms. The van der Waals surface area contributed by atoms with Gasteiger partial charge < -0.3 is 20.6 Å². The zero-order valence-electron chi connectivity index (χ0n) is 19.8. The minimum atomic E-state index is -1.19. The van der Waals surface area contributed by atoms with Gasteiger partial charge in [-0.2, -0.15) is 5.10 Å². The van der Waals surface area contributed by atoms with Crippen LogP contribution in [0.4, 0.5) is 10.5 Å². The Kier molecular flexibility index (Phi) is 7.42. The number of nitrogens with one attached hydrogen (secondary N) is 2. The maximum Gasteiger partial charge on any atom is 0.405 e. The number of para-hydroxylation sites is 2. The predicted molar refractivity (Wildman–Crippen MR) is 138 cm³/mol. The van der Waals surface area contributed by atoms with Crippen LogP contribution in [0, 0.1) is 0 Å². The average Bonchev–Trinajstić information content (AvgIpc) is 3.23. The van der Waals surface area contributed by atoms with Gasteiger partial charge in [0, 0.05) is 34.8 Å². The lowest BCUT2D eigenvalue weighted by Crippen LogP contribution is -2.33. The first kappa shape index (κ1) is 24.4. The van der Waals surface area contributed by atoms with E-state index in [0.717, 1.165) is 28.6 Å². The molecule has 0 aliphatic carbocycles. The van der Waals surface area contributed by atoms with Crippen molar-refractivity contribution in [2.24, 2.45) is 0 Å². The summed E-state index contributed by atoms with van der Waals surface area (Å²) >= 11 is 1.49. The Morgan fingerprint density at radius 3 is 2.51 bits per heavy atom. The van der Waals surface area contributed by atoms with E-state index in [1.807, 2.05) is 62.6 Å². The minimum absolute atomic E-state index is 0.272. The van der Waals surface area contributed by atoms with Crippen LogP contribution in [-0.2, 0) is 0 Å². The van der Waals surface area contributed by atoms with Gasteiger partial charge in [0.2, 0.25) is 0 Å². The number of nitrogens with zero attached hydrogens (tertiary/aromatic N) is 4. The topological polar surface area (TPSA) is 104 Å². The SMILES string of the molecule is CC(NC(=O)O)c1nn2ccc(Sc3ccccc3NCCN(C)C)c2c(=O)n1-c1ccccc1. The zero-order chi connectivity index (χ0) is 24.9. The van der Waals surface area contributed by atoms with Crippen molar-refractivity contribution < 1.29 is 9.90 Å². The molecule has 0 saturated carbocycles. The first-order chi connectivity index (χ1) is 16.8. The van der Waals surface area contributed by atoms with Crippen molar-refractivity contribution in [2.45, 2.75) is 22.8 Å². The van der Waals surface area contributed by atoms with Gasteiger partial charge in [-0.15, -0.1) is 0 Å². The number of aromatic nitrogens is 3. The molecule has 2 aromatic carbocycles. The van der Waals surface area contributed by atoms with Crippen LogP contribution in [0.1, 0.15) is 18.8 Å². The second-order valence-corrected chi connectivity index (χ2v) is 9.39. The Labute approximate surface area is 207 Å². The van der Waals surface area contributed by atoms with E-state index in [9.17, 15) is 14.7 Å². The summed E-state index contributed by atoms with van der Waals surface area (Å²) in [5.74, 6) is 0.300. The molecule has 0 aliphatic heterocycles. The smallest absolute Gasteiger partial charge is 0.405 e. The lowest BCUT2D eigenvalue weighted by Gasteiger charge is -2.18. The van der Waals surface area contributed by atoms with E-state index < -0.39 is 12.1 Å². The van der Waals surface area contributed by atoms with Crippen LogP contribution in [-0.4, -0.2) is 57.5 Å². The van der Waals surface area contributed by atoms with Crippen LogP contribution in [0.3, 0.4) is 0 Å². The van der Waals surface area contributed by atoms with Gasteiger partial charge in [0.15, 0.2) is 5.82 Å². The molecular weight excluding hydrogens is 464 g/mol. The number of likely N-dealkylation sites (N-methyl/N-ethyl adjacent to an activating group) is 1. The van der Waals surface area contributed by atoms with Gasteiger partial charge in [0.25, 0.3) is 5.56 Å². The fraction of sp³-hybridized carbons (Fsp3) is 0.240. The maximum atomic E-state index is 13.8. The van der Waals surface area contributed by atoms with Gasteiger partial charge >= 0.3 is 6.09 Å². The van der Waals surface area contributed by atoms with E-state index in [4.69, 9.17) is 0 Å². The van der Waals surface area contributed by atoms with E-state index in [1.54, 1.807) is 25.3 Å². The third kappa shape index (κ3) is 5.50. The zero-order valence-corrected chi connectivity index (χ0v) is 20.6. The minimum Gasteiger partial charge on any atom is -0.465 e. The highest BCUT2D eigenvalue weighted by Gasteiger charge is 2.22. The van der Waals surface area contributed by atoms with Crippen molar-refractivity contribution >= 4 is 29.1 Å². The highest BCUT2D eigenvalue weighted by molar-refractivity contribution is 7.99. The molecule has 1 unspecified atom stereocenters. The Hall–Kier alpha value is -3.76. The van der Waals surface area contributed by atoms with E-state index in [0.29, 0.717) is 17.0 Å². The van der Waals surface area contributed by atoms with Gasteiger partial charge in [-0.3, -0.25) is 9.36 Å². The van der Waals surface area contributed by atoms with Gasteiger partial charge in [-0.25, -0.2) is 9.31 Å². The molecule has 0 aliphatic rings. The lowest BCUT2D eigenvalue weighted by molar-refractivity contribution is 0.190. The molecule has 182 valence electrons. The van der Waals surface area contributed by atoms with Crippen LogP contribution >= 0.6 is 11.8 Å². The van der Waals surface area contributed by atoms with Gasteiger partial charge in [0.05, 0.1) is 11.7 Å². The molecule has 4 rings (SSSR count). The molecule has 2 heterocycles. The monoisotopic (exact) mass is 492 g/mol. The number of rotatable bonds is 9. The second kappa shape index (κ2) is 10.7. The summed E-state index contributed by atoms with van der Waals surface area (Å²) in [7, 11) is 4.06. The van der Waals surface area contributed by atoms with Crippen LogP contribution in [0.25, 0.3) is 11.2 Å². The highest BCUT2D eigenvalue weighted by atomic mass is 32.2. The average molecular weight is 493 g/mol. The largest absolute Gasteiger partial charge is 0.465 e. The van der Waals surface area contributed by atoms with Gasteiger partial charge in [-0.1, -0.05) is 42.1 Å². The molecule has 1 atom stereocenters. The van der Waals surface area contributed by atoms with Gasteiger partial charge in [0.1, 0.15) is 5.52 Å². The molecule has 0 bridgehead atoms. The number of hydrogen-bond acceptors (Lipinski definition) is 6. The number of carbonyl (C=O) groups is 1. The van der Waals surface area contributed by atoms with Crippen LogP contribution in [0.15, 0.2) is 81.4 Å².